The van der Waals surface area contributed by atoms with Crippen molar-refractivity contribution in [1.29, 1.82) is 0 Å². The molecule has 1 saturated carbocycles. The Bertz CT molecular complexity index is 800. The number of thioether (sulfide) groups is 1. The number of nitrogens with one attached hydrogen (secondary N) is 1. The van der Waals surface area contributed by atoms with Crippen LogP contribution in [0.15, 0.2) is 23.4 Å². The second kappa shape index (κ2) is 9.96. The molecule has 1 aromatic heterocycles. The number of hydrogen-bond donors (Lipinski definition) is 1. The lowest BCUT2D eigenvalue weighted by atomic mass is 9.95. The van der Waals surface area contributed by atoms with E-state index in [1.54, 1.807) is 0 Å². The molecule has 3 rings (SSSR count). The molecular formula is C21H30N4O2S. The zero-order valence-electron chi connectivity index (χ0n) is 17.0. The summed E-state index contributed by atoms with van der Waals surface area (Å²) in [4.78, 5) is 12.2. The lowest BCUT2D eigenvalue weighted by Crippen LogP contribution is -2.37. The maximum absolute atomic E-state index is 12.2. The molecule has 7 heteroatoms. The summed E-state index contributed by atoms with van der Waals surface area (Å²) in [5.74, 6) is 2.05. The predicted molar refractivity (Wildman–Crippen MR) is 112 cm³/mol. The van der Waals surface area contributed by atoms with E-state index in [-0.39, 0.29) is 5.91 Å². The van der Waals surface area contributed by atoms with Crippen LogP contribution in [0, 0.1) is 13.8 Å². The number of rotatable bonds is 8. The van der Waals surface area contributed by atoms with Gasteiger partial charge in [0.1, 0.15) is 12.4 Å². The summed E-state index contributed by atoms with van der Waals surface area (Å²) in [6, 6.07) is 6.40. The van der Waals surface area contributed by atoms with Gasteiger partial charge >= 0.3 is 0 Å². The van der Waals surface area contributed by atoms with Gasteiger partial charge in [0, 0.05) is 12.6 Å². The minimum absolute atomic E-state index is 0.0792. The fourth-order valence-corrected chi connectivity index (χ4v) is 4.28. The Morgan fingerprint density at radius 1 is 1.21 bits per heavy atom. The SMILES string of the molecule is CCn1c(COc2ccc(C)c(C)c2)nnc1SCC(=O)NC1CCCCC1. The highest BCUT2D eigenvalue weighted by atomic mass is 32.2. The first-order chi connectivity index (χ1) is 13.6. The number of nitrogens with zero attached hydrogens (tertiary/aromatic N) is 3. The fraction of sp³-hybridized carbons (Fsp3) is 0.571. The maximum atomic E-state index is 12.2. The van der Waals surface area contributed by atoms with Crippen LogP contribution in [-0.4, -0.2) is 32.5 Å². The van der Waals surface area contributed by atoms with Gasteiger partial charge in [0.15, 0.2) is 11.0 Å². The summed E-state index contributed by atoms with van der Waals surface area (Å²) < 4.78 is 7.91. The summed E-state index contributed by atoms with van der Waals surface area (Å²) >= 11 is 1.44. The van der Waals surface area contributed by atoms with Gasteiger partial charge in [-0.05, 0) is 56.9 Å². The van der Waals surface area contributed by atoms with Crippen LogP contribution in [-0.2, 0) is 17.9 Å². The van der Waals surface area contributed by atoms with E-state index in [0.29, 0.717) is 18.4 Å². The molecule has 1 aromatic carbocycles. The van der Waals surface area contributed by atoms with Crippen molar-refractivity contribution >= 4 is 17.7 Å². The number of ether oxygens (including phenoxy) is 1. The van der Waals surface area contributed by atoms with E-state index >= 15 is 0 Å². The van der Waals surface area contributed by atoms with E-state index < -0.39 is 0 Å². The first-order valence-electron chi connectivity index (χ1n) is 10.1. The van der Waals surface area contributed by atoms with Crippen LogP contribution in [0.1, 0.15) is 56.0 Å². The minimum atomic E-state index is 0.0792. The van der Waals surface area contributed by atoms with E-state index in [2.05, 4.69) is 42.4 Å². The quantitative estimate of drug-likeness (QED) is 0.675. The number of carbonyl (C=O) groups excluding carboxylic acids is 1. The van der Waals surface area contributed by atoms with Crippen molar-refractivity contribution in [2.24, 2.45) is 0 Å². The van der Waals surface area contributed by atoms with Crippen molar-refractivity contribution in [3.63, 3.8) is 0 Å². The number of amides is 1. The zero-order valence-corrected chi connectivity index (χ0v) is 17.8. The molecule has 0 bridgehead atoms. The van der Waals surface area contributed by atoms with Crippen molar-refractivity contribution in [3.05, 3.63) is 35.2 Å². The van der Waals surface area contributed by atoms with Crippen molar-refractivity contribution in [2.75, 3.05) is 5.75 Å². The van der Waals surface area contributed by atoms with Crippen LogP contribution in [0.2, 0.25) is 0 Å². The molecular weight excluding hydrogens is 372 g/mol. The molecule has 28 heavy (non-hydrogen) atoms. The normalized spacial score (nSPS) is 14.8. The monoisotopic (exact) mass is 402 g/mol. The van der Waals surface area contributed by atoms with Crippen LogP contribution in [0.3, 0.4) is 0 Å². The summed E-state index contributed by atoms with van der Waals surface area (Å²) in [5.41, 5.74) is 2.45. The highest BCUT2D eigenvalue weighted by Gasteiger charge is 2.17. The lowest BCUT2D eigenvalue weighted by molar-refractivity contribution is -0.119. The Labute approximate surface area is 171 Å². The average Bonchev–Trinajstić information content (AvgIpc) is 3.10. The molecule has 0 radical (unpaired) electrons. The topological polar surface area (TPSA) is 69.0 Å². The van der Waals surface area contributed by atoms with Crippen molar-refractivity contribution in [1.82, 2.24) is 20.1 Å². The van der Waals surface area contributed by atoms with Crippen LogP contribution >= 0.6 is 11.8 Å². The third-order valence-electron chi connectivity index (χ3n) is 5.26. The van der Waals surface area contributed by atoms with Gasteiger partial charge in [-0.2, -0.15) is 0 Å². The third-order valence-corrected chi connectivity index (χ3v) is 6.23. The van der Waals surface area contributed by atoms with E-state index in [9.17, 15) is 4.79 Å². The average molecular weight is 403 g/mol. The minimum Gasteiger partial charge on any atom is -0.486 e. The van der Waals surface area contributed by atoms with E-state index in [4.69, 9.17) is 4.74 Å². The number of carbonyl (C=O) groups is 1. The Morgan fingerprint density at radius 3 is 2.71 bits per heavy atom. The summed E-state index contributed by atoms with van der Waals surface area (Å²) in [7, 11) is 0. The number of aryl methyl sites for hydroxylation is 2. The molecule has 1 amide bonds. The molecule has 0 atom stereocenters. The van der Waals surface area contributed by atoms with Gasteiger partial charge in [0.05, 0.1) is 5.75 Å². The number of benzene rings is 1. The van der Waals surface area contributed by atoms with E-state index in [1.165, 1.54) is 42.2 Å². The van der Waals surface area contributed by atoms with Crippen LogP contribution < -0.4 is 10.1 Å². The van der Waals surface area contributed by atoms with Crippen molar-refractivity contribution in [3.8, 4) is 5.75 Å². The second-order valence-corrected chi connectivity index (χ2v) is 8.31. The lowest BCUT2D eigenvalue weighted by Gasteiger charge is -2.22. The van der Waals surface area contributed by atoms with Gasteiger partial charge in [-0.25, -0.2) is 0 Å². The molecule has 1 aliphatic rings. The Morgan fingerprint density at radius 2 is 2.00 bits per heavy atom. The first-order valence-corrected chi connectivity index (χ1v) is 11.1. The first kappa shape index (κ1) is 20.7. The van der Waals surface area contributed by atoms with Crippen LogP contribution in [0.5, 0.6) is 5.75 Å². The van der Waals surface area contributed by atoms with E-state index in [0.717, 1.165) is 36.1 Å². The van der Waals surface area contributed by atoms with Gasteiger partial charge in [-0.1, -0.05) is 37.1 Å². The molecule has 2 aromatic rings. The predicted octanol–water partition coefficient (Wildman–Crippen LogP) is 4.03. The smallest absolute Gasteiger partial charge is 0.230 e. The molecule has 1 aliphatic carbocycles. The highest BCUT2D eigenvalue weighted by Crippen LogP contribution is 2.21. The molecule has 0 unspecified atom stereocenters. The van der Waals surface area contributed by atoms with Crippen molar-refractivity contribution in [2.45, 2.75) is 77.2 Å². The van der Waals surface area contributed by atoms with Gasteiger partial charge in [-0.15, -0.1) is 10.2 Å². The number of hydrogen-bond acceptors (Lipinski definition) is 5. The van der Waals surface area contributed by atoms with Crippen molar-refractivity contribution < 1.29 is 9.53 Å². The summed E-state index contributed by atoms with van der Waals surface area (Å²) in [5, 5.41) is 12.4. The van der Waals surface area contributed by atoms with Gasteiger partial charge in [0.2, 0.25) is 5.91 Å². The molecule has 0 saturated heterocycles. The summed E-state index contributed by atoms with van der Waals surface area (Å²) in [6.45, 7) is 7.31. The molecule has 1 fully saturated rings. The van der Waals surface area contributed by atoms with Crippen LogP contribution in [0.4, 0.5) is 0 Å². The van der Waals surface area contributed by atoms with Gasteiger partial charge in [-0.3, -0.25) is 4.79 Å². The Kier molecular flexibility index (Phi) is 7.36. The number of aromatic nitrogens is 3. The highest BCUT2D eigenvalue weighted by molar-refractivity contribution is 7.99. The third kappa shape index (κ3) is 5.50. The standard InChI is InChI=1S/C21H30N4O2S/c1-4-25-19(13-27-18-11-10-15(2)16(3)12-18)23-24-21(25)28-14-20(26)22-17-8-6-5-7-9-17/h10-12,17H,4-9,13-14H2,1-3H3,(H,22,26). The van der Waals surface area contributed by atoms with Gasteiger partial charge < -0.3 is 14.6 Å². The zero-order chi connectivity index (χ0) is 19.9. The largest absolute Gasteiger partial charge is 0.486 e. The van der Waals surface area contributed by atoms with Gasteiger partial charge in [0.25, 0.3) is 0 Å². The molecule has 152 valence electrons. The fourth-order valence-electron chi connectivity index (χ4n) is 3.45. The second-order valence-electron chi connectivity index (χ2n) is 7.37. The van der Waals surface area contributed by atoms with Crippen LogP contribution in [0.25, 0.3) is 0 Å². The van der Waals surface area contributed by atoms with E-state index in [1.807, 2.05) is 16.7 Å². The Balaban J connectivity index is 1.53. The molecule has 6 nitrogen and oxygen atoms in total. The molecule has 1 heterocycles. The molecule has 0 aliphatic heterocycles. The molecule has 1 N–H and O–H groups in total. The molecule has 0 spiro atoms. The summed E-state index contributed by atoms with van der Waals surface area (Å²) in [6.07, 6.45) is 5.91. The Hall–Kier alpha value is -2.02. The maximum Gasteiger partial charge on any atom is 0.230 e.